The lowest BCUT2D eigenvalue weighted by molar-refractivity contribution is -0.384. The Morgan fingerprint density at radius 3 is 2.63 bits per heavy atom. The number of ether oxygens (including phenoxy) is 2. The van der Waals surface area contributed by atoms with Crippen LogP contribution in [-0.4, -0.2) is 52.0 Å². The van der Waals surface area contributed by atoms with Gasteiger partial charge in [0, 0.05) is 29.7 Å². The number of benzene rings is 3. The number of halogens is 1. The van der Waals surface area contributed by atoms with E-state index in [2.05, 4.69) is 15.9 Å². The number of carbonyl (C=O) groups excluding carboxylic acids is 3. The second-order valence-electron chi connectivity index (χ2n) is 9.34. The van der Waals surface area contributed by atoms with E-state index in [4.69, 9.17) is 9.47 Å². The molecule has 0 saturated carbocycles. The highest BCUT2D eigenvalue weighted by Crippen LogP contribution is 2.38. The number of hydrogen-bond acceptors (Lipinski definition) is 8. The summed E-state index contributed by atoms with van der Waals surface area (Å²) in [5.74, 6) is -0.0757. The lowest BCUT2D eigenvalue weighted by atomic mass is 10.00. The molecule has 1 fully saturated rings. The third-order valence-electron chi connectivity index (χ3n) is 6.74. The third kappa shape index (κ3) is 6.28. The van der Waals surface area contributed by atoms with Crippen molar-refractivity contribution in [2.45, 2.75) is 19.6 Å². The van der Waals surface area contributed by atoms with Crippen LogP contribution in [0.15, 0.2) is 70.0 Å². The SMILES string of the molecule is COc1cc(/C=C2\SC(=O)N(CC(=O)N3CCc4ccccc4C3)C2=O)c(Br)cc1OCc1cccc([N+](=O)[O-])c1. The van der Waals surface area contributed by atoms with Crippen LogP contribution in [0.2, 0.25) is 0 Å². The number of nitrogens with zero attached hydrogens (tertiary/aromatic N) is 3. The summed E-state index contributed by atoms with van der Waals surface area (Å²) in [6, 6.07) is 17.4. The first-order valence-corrected chi connectivity index (χ1v) is 14.2. The van der Waals surface area contributed by atoms with Crippen molar-refractivity contribution < 1.29 is 28.8 Å². The molecule has 41 heavy (non-hydrogen) atoms. The number of nitro benzene ring substituents is 1. The van der Waals surface area contributed by atoms with Gasteiger partial charge in [-0.25, -0.2) is 0 Å². The van der Waals surface area contributed by atoms with Gasteiger partial charge in [-0.3, -0.25) is 29.4 Å². The Bertz CT molecular complexity index is 1590. The van der Waals surface area contributed by atoms with Gasteiger partial charge in [0.2, 0.25) is 5.91 Å². The first kappa shape index (κ1) is 28.4. The standard InChI is InChI=1S/C29H24BrN3O7S/c1-39-24-12-21(23(30)14-25(24)40-17-18-5-4-8-22(11-18)33(37)38)13-26-28(35)32(29(36)41-26)16-27(34)31-10-9-19-6-2-3-7-20(19)15-31/h2-8,11-14H,9-10,15-17H2,1H3/b26-13-. The van der Waals surface area contributed by atoms with Crippen LogP contribution in [0.4, 0.5) is 10.5 Å². The average Bonchev–Trinajstić information content (AvgIpc) is 3.24. The second-order valence-corrected chi connectivity index (χ2v) is 11.2. The number of rotatable bonds is 8. The second kappa shape index (κ2) is 12.1. The van der Waals surface area contributed by atoms with Crippen molar-refractivity contribution >= 4 is 56.5 Å². The lowest BCUT2D eigenvalue weighted by Gasteiger charge is -2.29. The molecule has 10 nitrogen and oxygen atoms in total. The molecular weight excluding hydrogens is 614 g/mol. The zero-order valence-electron chi connectivity index (χ0n) is 21.9. The van der Waals surface area contributed by atoms with Crippen molar-refractivity contribution in [3.8, 4) is 11.5 Å². The first-order chi connectivity index (χ1) is 19.7. The van der Waals surface area contributed by atoms with Gasteiger partial charge in [-0.05, 0) is 58.6 Å². The van der Waals surface area contributed by atoms with Crippen LogP contribution in [-0.2, 0) is 29.2 Å². The third-order valence-corrected chi connectivity index (χ3v) is 8.33. The minimum Gasteiger partial charge on any atom is -0.493 e. The van der Waals surface area contributed by atoms with E-state index in [-0.39, 0.29) is 29.7 Å². The van der Waals surface area contributed by atoms with E-state index >= 15 is 0 Å². The Kier molecular flexibility index (Phi) is 8.41. The number of nitro groups is 1. The molecule has 2 aliphatic heterocycles. The number of methoxy groups -OCH3 is 1. The fourth-order valence-electron chi connectivity index (χ4n) is 4.58. The van der Waals surface area contributed by atoms with Crippen molar-refractivity contribution in [1.29, 1.82) is 0 Å². The fourth-order valence-corrected chi connectivity index (χ4v) is 5.84. The van der Waals surface area contributed by atoms with E-state index in [0.717, 1.165) is 28.6 Å². The van der Waals surface area contributed by atoms with Gasteiger partial charge >= 0.3 is 0 Å². The van der Waals surface area contributed by atoms with E-state index in [1.807, 2.05) is 24.3 Å². The molecule has 2 aliphatic rings. The maximum atomic E-state index is 13.1. The maximum absolute atomic E-state index is 13.1. The molecule has 0 spiro atoms. The topological polar surface area (TPSA) is 119 Å². The van der Waals surface area contributed by atoms with E-state index in [0.29, 0.717) is 40.2 Å². The minimum absolute atomic E-state index is 0.0356. The molecule has 0 N–H and O–H groups in total. The van der Waals surface area contributed by atoms with Crippen molar-refractivity contribution in [1.82, 2.24) is 9.80 Å². The highest BCUT2D eigenvalue weighted by atomic mass is 79.9. The summed E-state index contributed by atoms with van der Waals surface area (Å²) in [5, 5.41) is 10.5. The summed E-state index contributed by atoms with van der Waals surface area (Å²) in [5.41, 5.74) is 3.41. The zero-order chi connectivity index (χ0) is 29.1. The number of amides is 3. The summed E-state index contributed by atoms with van der Waals surface area (Å²) >= 11 is 4.25. The number of non-ortho nitro benzene ring substituents is 1. The molecule has 1 saturated heterocycles. The molecule has 12 heteroatoms. The van der Waals surface area contributed by atoms with Crippen molar-refractivity contribution in [3.63, 3.8) is 0 Å². The Morgan fingerprint density at radius 2 is 1.88 bits per heavy atom. The van der Waals surface area contributed by atoms with E-state index < -0.39 is 16.1 Å². The van der Waals surface area contributed by atoms with Crippen molar-refractivity contribution in [2.24, 2.45) is 0 Å². The van der Waals surface area contributed by atoms with Gasteiger partial charge in [-0.15, -0.1) is 0 Å². The van der Waals surface area contributed by atoms with Gasteiger partial charge < -0.3 is 14.4 Å². The largest absolute Gasteiger partial charge is 0.493 e. The summed E-state index contributed by atoms with van der Waals surface area (Å²) in [6.45, 7) is 0.728. The van der Waals surface area contributed by atoms with Crippen LogP contribution in [0.1, 0.15) is 22.3 Å². The normalized spacial score (nSPS) is 15.7. The van der Waals surface area contributed by atoms with Gasteiger partial charge in [0.1, 0.15) is 13.2 Å². The molecule has 0 unspecified atom stereocenters. The molecule has 2 heterocycles. The van der Waals surface area contributed by atoms with Crippen LogP contribution in [0.3, 0.4) is 0 Å². The summed E-state index contributed by atoms with van der Waals surface area (Å²) < 4.78 is 11.9. The number of thioether (sulfide) groups is 1. The molecule has 0 bridgehead atoms. The maximum Gasteiger partial charge on any atom is 0.294 e. The summed E-state index contributed by atoms with van der Waals surface area (Å²) in [7, 11) is 1.46. The number of hydrogen-bond donors (Lipinski definition) is 0. The van der Waals surface area contributed by atoms with Crippen LogP contribution in [0.5, 0.6) is 11.5 Å². The monoisotopic (exact) mass is 637 g/mol. The van der Waals surface area contributed by atoms with Crippen LogP contribution in [0, 0.1) is 10.1 Å². The van der Waals surface area contributed by atoms with Crippen LogP contribution < -0.4 is 9.47 Å². The Hall–Kier alpha value is -4.16. The van der Waals surface area contributed by atoms with Crippen molar-refractivity contribution in [2.75, 3.05) is 20.2 Å². The zero-order valence-corrected chi connectivity index (χ0v) is 24.3. The van der Waals surface area contributed by atoms with Gasteiger partial charge in [-0.2, -0.15) is 0 Å². The predicted octanol–water partition coefficient (Wildman–Crippen LogP) is 5.57. The van der Waals surface area contributed by atoms with E-state index in [9.17, 15) is 24.5 Å². The Labute approximate surface area is 248 Å². The fraction of sp³-hybridized carbons (Fsp3) is 0.207. The predicted molar refractivity (Wildman–Crippen MR) is 156 cm³/mol. The highest BCUT2D eigenvalue weighted by molar-refractivity contribution is 9.10. The number of fused-ring (bicyclic) bond motifs is 1. The highest BCUT2D eigenvalue weighted by Gasteiger charge is 2.37. The molecule has 5 rings (SSSR count). The van der Waals surface area contributed by atoms with Gasteiger partial charge in [0.05, 0.1) is 16.9 Å². The first-order valence-electron chi connectivity index (χ1n) is 12.6. The molecule has 0 aromatic heterocycles. The van der Waals surface area contributed by atoms with Crippen LogP contribution >= 0.6 is 27.7 Å². The quantitative estimate of drug-likeness (QED) is 0.179. The molecule has 210 valence electrons. The molecular formula is C29H24BrN3O7S. The molecule has 0 aliphatic carbocycles. The Balaban J connectivity index is 1.28. The van der Waals surface area contributed by atoms with Gasteiger partial charge in [0.25, 0.3) is 16.8 Å². The molecule has 3 aromatic rings. The molecule has 0 atom stereocenters. The van der Waals surface area contributed by atoms with Gasteiger partial charge in [0.15, 0.2) is 11.5 Å². The lowest BCUT2D eigenvalue weighted by Crippen LogP contribution is -2.44. The van der Waals surface area contributed by atoms with Crippen molar-refractivity contribution in [3.05, 3.63) is 102 Å². The van der Waals surface area contributed by atoms with E-state index in [1.54, 1.807) is 35.2 Å². The smallest absolute Gasteiger partial charge is 0.294 e. The van der Waals surface area contributed by atoms with Crippen LogP contribution in [0.25, 0.3) is 6.08 Å². The number of carbonyl (C=O) groups is 3. The minimum atomic E-state index is -0.539. The summed E-state index contributed by atoms with van der Waals surface area (Å²) in [6.07, 6.45) is 2.29. The molecule has 3 aromatic carbocycles. The average molecular weight is 638 g/mol. The summed E-state index contributed by atoms with van der Waals surface area (Å²) in [4.78, 5) is 52.2. The number of imide groups is 1. The molecule has 0 radical (unpaired) electrons. The van der Waals surface area contributed by atoms with E-state index in [1.165, 1.54) is 24.8 Å². The molecule has 3 amide bonds. The van der Waals surface area contributed by atoms with Gasteiger partial charge in [-0.1, -0.05) is 52.3 Å². The Morgan fingerprint density at radius 1 is 1.10 bits per heavy atom.